The van der Waals surface area contributed by atoms with Crippen LogP contribution in [-0.4, -0.2) is 20.7 Å². The van der Waals surface area contributed by atoms with E-state index in [2.05, 4.69) is 21.0 Å². The first-order valence-corrected chi connectivity index (χ1v) is 8.59. The number of carbonyl (C=O) groups is 1. The lowest BCUT2D eigenvalue weighted by atomic mass is 10.2. The Hall–Kier alpha value is -2.17. The third-order valence-electron chi connectivity index (χ3n) is 4.78. The minimum Gasteiger partial charge on any atom is -0.350 e. The molecule has 0 radical (unpaired) electrons. The molecule has 5 heteroatoms. The van der Waals surface area contributed by atoms with Gasteiger partial charge in [-0.1, -0.05) is 18.9 Å². The number of nitrogens with zero attached hydrogens (tertiary/aromatic N) is 3. The van der Waals surface area contributed by atoms with Crippen LogP contribution in [0, 0.1) is 5.92 Å². The lowest BCUT2D eigenvalue weighted by Crippen LogP contribution is -2.24. The average Bonchev–Trinajstić information content (AvgIpc) is 3.13. The summed E-state index contributed by atoms with van der Waals surface area (Å²) < 4.78 is 2.13. The predicted octanol–water partition coefficient (Wildman–Crippen LogP) is 3.09. The quantitative estimate of drug-likeness (QED) is 0.923. The van der Waals surface area contributed by atoms with Crippen molar-refractivity contribution in [3.8, 4) is 11.4 Å². The van der Waals surface area contributed by atoms with Gasteiger partial charge in [-0.3, -0.25) is 14.5 Å². The standard InChI is InChI=1S/C18H22N4O/c23-18(13-8-9-13)20-12-14-11-17(16-7-3-4-10-19-16)22(21-14)15-5-1-2-6-15/h3-4,7,10-11,13,15H,1-2,5-6,8-9,12H2,(H,20,23). The van der Waals surface area contributed by atoms with Crippen molar-refractivity contribution in [2.45, 2.75) is 51.1 Å². The van der Waals surface area contributed by atoms with Gasteiger partial charge in [-0.15, -0.1) is 0 Å². The molecule has 2 fully saturated rings. The van der Waals surface area contributed by atoms with Crippen LogP contribution in [0.4, 0.5) is 0 Å². The van der Waals surface area contributed by atoms with Gasteiger partial charge >= 0.3 is 0 Å². The molecule has 1 amide bonds. The molecule has 0 atom stereocenters. The van der Waals surface area contributed by atoms with Crippen LogP contribution in [0.15, 0.2) is 30.5 Å². The number of pyridine rings is 1. The SMILES string of the molecule is O=C(NCc1cc(-c2ccccn2)n(C2CCCC2)n1)C1CC1. The van der Waals surface area contributed by atoms with Crippen LogP contribution in [0.2, 0.25) is 0 Å². The highest BCUT2D eigenvalue weighted by Gasteiger charge is 2.29. The molecular weight excluding hydrogens is 288 g/mol. The van der Waals surface area contributed by atoms with Crippen LogP contribution >= 0.6 is 0 Å². The highest BCUT2D eigenvalue weighted by Crippen LogP contribution is 2.33. The maximum atomic E-state index is 11.8. The Balaban J connectivity index is 1.58. The first-order valence-electron chi connectivity index (χ1n) is 8.59. The van der Waals surface area contributed by atoms with Gasteiger partial charge in [0.15, 0.2) is 0 Å². The zero-order chi connectivity index (χ0) is 15.6. The van der Waals surface area contributed by atoms with Crippen LogP contribution in [-0.2, 0) is 11.3 Å². The maximum absolute atomic E-state index is 11.8. The van der Waals surface area contributed by atoms with Crippen LogP contribution in [0.5, 0.6) is 0 Å². The summed E-state index contributed by atoms with van der Waals surface area (Å²) in [5.74, 6) is 0.405. The van der Waals surface area contributed by atoms with Crippen LogP contribution in [0.25, 0.3) is 11.4 Å². The minimum absolute atomic E-state index is 0.166. The number of rotatable bonds is 5. The first-order chi connectivity index (χ1) is 11.3. The molecule has 120 valence electrons. The lowest BCUT2D eigenvalue weighted by molar-refractivity contribution is -0.122. The lowest BCUT2D eigenvalue weighted by Gasteiger charge is -2.13. The van der Waals surface area contributed by atoms with E-state index in [1.54, 1.807) is 0 Å². The molecule has 0 saturated heterocycles. The van der Waals surface area contributed by atoms with Gasteiger partial charge in [0.1, 0.15) is 0 Å². The molecule has 4 rings (SSSR count). The Morgan fingerprint density at radius 3 is 2.74 bits per heavy atom. The summed E-state index contributed by atoms with van der Waals surface area (Å²) in [7, 11) is 0. The predicted molar refractivity (Wildman–Crippen MR) is 87.5 cm³/mol. The van der Waals surface area contributed by atoms with Crippen molar-refractivity contribution in [3.05, 3.63) is 36.2 Å². The van der Waals surface area contributed by atoms with Crippen LogP contribution in [0.3, 0.4) is 0 Å². The van der Waals surface area contributed by atoms with E-state index in [9.17, 15) is 4.79 Å². The molecule has 23 heavy (non-hydrogen) atoms. The van der Waals surface area contributed by atoms with Crippen LogP contribution < -0.4 is 5.32 Å². The molecule has 0 unspecified atom stereocenters. The Labute approximate surface area is 136 Å². The third-order valence-corrected chi connectivity index (χ3v) is 4.78. The number of carbonyl (C=O) groups excluding carboxylic acids is 1. The molecule has 5 nitrogen and oxygen atoms in total. The normalized spacial score (nSPS) is 18.3. The monoisotopic (exact) mass is 310 g/mol. The molecule has 0 bridgehead atoms. The number of amides is 1. The fraction of sp³-hybridized carbons (Fsp3) is 0.500. The molecule has 2 aliphatic rings. The van der Waals surface area contributed by atoms with Gasteiger partial charge in [0, 0.05) is 12.1 Å². The van der Waals surface area contributed by atoms with E-state index in [0.29, 0.717) is 12.6 Å². The minimum atomic E-state index is 0.166. The van der Waals surface area contributed by atoms with E-state index in [-0.39, 0.29) is 11.8 Å². The number of hydrogen-bond donors (Lipinski definition) is 1. The van der Waals surface area contributed by atoms with Gasteiger partial charge in [0.2, 0.25) is 5.91 Å². The van der Waals surface area contributed by atoms with Crippen molar-refractivity contribution < 1.29 is 4.79 Å². The summed E-state index contributed by atoms with van der Waals surface area (Å²) >= 11 is 0. The van der Waals surface area contributed by atoms with E-state index >= 15 is 0 Å². The third kappa shape index (κ3) is 3.14. The second-order valence-electron chi connectivity index (χ2n) is 6.61. The summed E-state index contributed by atoms with van der Waals surface area (Å²) in [4.78, 5) is 16.3. The van der Waals surface area contributed by atoms with Gasteiger partial charge < -0.3 is 5.32 Å². The van der Waals surface area contributed by atoms with Crippen molar-refractivity contribution >= 4 is 5.91 Å². The summed E-state index contributed by atoms with van der Waals surface area (Å²) in [6, 6.07) is 8.49. The fourth-order valence-electron chi connectivity index (χ4n) is 3.33. The van der Waals surface area contributed by atoms with E-state index in [4.69, 9.17) is 5.10 Å². The van der Waals surface area contributed by atoms with Gasteiger partial charge in [-0.25, -0.2) is 0 Å². The molecule has 2 aliphatic carbocycles. The molecule has 1 N–H and O–H groups in total. The molecule has 0 spiro atoms. The highest BCUT2D eigenvalue weighted by atomic mass is 16.2. The molecule has 2 aromatic heterocycles. The largest absolute Gasteiger partial charge is 0.350 e. The molecule has 2 aromatic rings. The average molecular weight is 310 g/mol. The second-order valence-corrected chi connectivity index (χ2v) is 6.61. The molecular formula is C18H22N4O. The number of aromatic nitrogens is 3. The molecule has 2 heterocycles. The fourth-order valence-corrected chi connectivity index (χ4v) is 3.33. The molecule has 2 saturated carbocycles. The zero-order valence-electron chi connectivity index (χ0n) is 13.2. The van der Waals surface area contributed by atoms with Crippen molar-refractivity contribution in [1.29, 1.82) is 0 Å². The summed E-state index contributed by atoms with van der Waals surface area (Å²) in [6.07, 6.45) is 8.75. The van der Waals surface area contributed by atoms with Crippen molar-refractivity contribution in [3.63, 3.8) is 0 Å². The van der Waals surface area contributed by atoms with E-state index in [0.717, 1.165) is 29.9 Å². The van der Waals surface area contributed by atoms with Gasteiger partial charge in [0.25, 0.3) is 0 Å². The number of hydrogen-bond acceptors (Lipinski definition) is 3. The summed E-state index contributed by atoms with van der Waals surface area (Å²) in [5, 5.41) is 7.79. The van der Waals surface area contributed by atoms with Crippen molar-refractivity contribution in [2.24, 2.45) is 5.92 Å². The van der Waals surface area contributed by atoms with Gasteiger partial charge in [-0.2, -0.15) is 5.10 Å². The summed E-state index contributed by atoms with van der Waals surface area (Å²) in [5.41, 5.74) is 2.94. The van der Waals surface area contributed by atoms with Crippen molar-refractivity contribution in [2.75, 3.05) is 0 Å². The Bertz CT molecular complexity index is 684. The van der Waals surface area contributed by atoms with E-state index in [1.165, 1.54) is 25.7 Å². The number of nitrogens with one attached hydrogen (secondary N) is 1. The van der Waals surface area contributed by atoms with Gasteiger partial charge in [-0.05, 0) is 43.9 Å². The molecule has 0 aromatic carbocycles. The second kappa shape index (κ2) is 6.14. The molecule has 0 aliphatic heterocycles. The van der Waals surface area contributed by atoms with Crippen molar-refractivity contribution in [1.82, 2.24) is 20.1 Å². The van der Waals surface area contributed by atoms with Crippen LogP contribution in [0.1, 0.15) is 50.3 Å². The Kier molecular flexibility index (Phi) is 3.85. The summed E-state index contributed by atoms with van der Waals surface area (Å²) in [6.45, 7) is 0.509. The highest BCUT2D eigenvalue weighted by molar-refractivity contribution is 5.80. The van der Waals surface area contributed by atoms with Gasteiger partial charge in [0.05, 0.1) is 29.7 Å². The first kappa shape index (κ1) is 14.4. The maximum Gasteiger partial charge on any atom is 0.223 e. The topological polar surface area (TPSA) is 59.8 Å². The zero-order valence-corrected chi connectivity index (χ0v) is 13.2. The Morgan fingerprint density at radius 2 is 2.04 bits per heavy atom. The smallest absolute Gasteiger partial charge is 0.223 e. The van der Waals surface area contributed by atoms with E-state index in [1.807, 2.05) is 24.4 Å². The van der Waals surface area contributed by atoms with E-state index < -0.39 is 0 Å². The Morgan fingerprint density at radius 1 is 1.22 bits per heavy atom.